The second-order valence-corrected chi connectivity index (χ2v) is 11.3. The minimum atomic E-state index is -3.84. The molecule has 0 spiro atoms. The van der Waals surface area contributed by atoms with Crippen molar-refractivity contribution in [3.05, 3.63) is 65.2 Å². The van der Waals surface area contributed by atoms with Gasteiger partial charge in [0.05, 0.1) is 11.4 Å². The van der Waals surface area contributed by atoms with Crippen LogP contribution >= 0.6 is 0 Å². The predicted molar refractivity (Wildman–Crippen MR) is 133 cm³/mol. The van der Waals surface area contributed by atoms with Crippen LogP contribution in [0.25, 0.3) is 0 Å². The van der Waals surface area contributed by atoms with Gasteiger partial charge in [-0.1, -0.05) is 60.4 Å². The van der Waals surface area contributed by atoms with Gasteiger partial charge in [0, 0.05) is 19.6 Å². The third kappa shape index (κ3) is 6.45. The maximum atomic E-state index is 13.4. The van der Waals surface area contributed by atoms with Crippen molar-refractivity contribution in [3.8, 4) is 0 Å². The number of aryl methyl sites for hydroxylation is 2. The monoisotopic (exact) mass is 485 g/mol. The number of carbonyl (C=O) groups excluding carboxylic acids is 2. The molecule has 0 bridgehead atoms. The summed E-state index contributed by atoms with van der Waals surface area (Å²) >= 11 is 0. The van der Waals surface area contributed by atoms with E-state index in [4.69, 9.17) is 0 Å². The lowest BCUT2D eigenvalue weighted by atomic mass is 10.1. The van der Waals surface area contributed by atoms with Crippen LogP contribution in [0.2, 0.25) is 0 Å². The van der Waals surface area contributed by atoms with E-state index >= 15 is 0 Å². The van der Waals surface area contributed by atoms with Crippen LogP contribution in [0.4, 0.5) is 0 Å². The largest absolute Gasteiger partial charge is 0.352 e. The number of rotatable bonds is 9. The van der Waals surface area contributed by atoms with Crippen molar-refractivity contribution in [2.24, 2.45) is 0 Å². The summed E-state index contributed by atoms with van der Waals surface area (Å²) in [6, 6.07) is 13.7. The van der Waals surface area contributed by atoms with E-state index in [9.17, 15) is 18.0 Å². The standard InChI is InChI=1S/C26H35N3O4S/c1-19-12-14-24(15-13-19)34(32,33)28(4)18-25(30)29(17-22-9-7-8-20(2)16-22)21(3)26(31)27-23-10-5-6-11-23/h7-9,12-16,21,23H,5-6,10-11,17-18H2,1-4H3,(H,27,31). The number of benzene rings is 2. The van der Waals surface area contributed by atoms with Crippen LogP contribution in [-0.4, -0.2) is 55.1 Å². The molecule has 3 rings (SSSR count). The van der Waals surface area contributed by atoms with Crippen LogP contribution in [0, 0.1) is 13.8 Å². The van der Waals surface area contributed by atoms with E-state index in [1.165, 1.54) is 24.1 Å². The van der Waals surface area contributed by atoms with Gasteiger partial charge < -0.3 is 10.2 Å². The molecule has 1 aliphatic rings. The molecule has 184 valence electrons. The molecule has 0 aliphatic heterocycles. The van der Waals surface area contributed by atoms with E-state index in [-0.39, 0.29) is 29.9 Å². The third-order valence-electron chi connectivity index (χ3n) is 6.39. The average molecular weight is 486 g/mol. The highest BCUT2D eigenvalue weighted by Crippen LogP contribution is 2.20. The molecular formula is C26H35N3O4S. The molecule has 1 N–H and O–H groups in total. The zero-order chi connectivity index (χ0) is 24.9. The summed E-state index contributed by atoms with van der Waals surface area (Å²) in [6.45, 7) is 5.41. The fourth-order valence-corrected chi connectivity index (χ4v) is 5.36. The predicted octanol–water partition coefficient (Wildman–Crippen LogP) is 3.40. The molecule has 8 heteroatoms. The van der Waals surface area contributed by atoms with Gasteiger partial charge in [-0.15, -0.1) is 0 Å². The number of nitrogens with zero attached hydrogens (tertiary/aromatic N) is 2. The summed E-state index contributed by atoms with van der Waals surface area (Å²) in [5, 5.41) is 3.06. The summed E-state index contributed by atoms with van der Waals surface area (Å²) < 4.78 is 27.1. The van der Waals surface area contributed by atoms with E-state index in [1.807, 2.05) is 38.1 Å². The first kappa shape index (κ1) is 25.9. The fraction of sp³-hybridized carbons (Fsp3) is 0.462. The van der Waals surface area contributed by atoms with Gasteiger partial charge in [0.1, 0.15) is 6.04 Å². The van der Waals surface area contributed by atoms with E-state index in [1.54, 1.807) is 19.1 Å². The van der Waals surface area contributed by atoms with Crippen molar-refractivity contribution in [1.29, 1.82) is 0 Å². The number of nitrogens with one attached hydrogen (secondary N) is 1. The topological polar surface area (TPSA) is 86.8 Å². The number of hydrogen-bond acceptors (Lipinski definition) is 4. The maximum Gasteiger partial charge on any atom is 0.243 e. The average Bonchev–Trinajstić information content (AvgIpc) is 3.30. The van der Waals surface area contributed by atoms with Gasteiger partial charge in [-0.05, 0) is 51.3 Å². The summed E-state index contributed by atoms with van der Waals surface area (Å²) in [6.07, 6.45) is 4.07. The van der Waals surface area contributed by atoms with Gasteiger partial charge in [-0.25, -0.2) is 8.42 Å². The van der Waals surface area contributed by atoms with E-state index in [2.05, 4.69) is 5.32 Å². The molecular weight excluding hydrogens is 450 g/mol. The number of likely N-dealkylation sites (N-methyl/N-ethyl adjacent to an activating group) is 1. The normalized spacial score (nSPS) is 15.3. The third-order valence-corrected chi connectivity index (χ3v) is 8.21. The van der Waals surface area contributed by atoms with Gasteiger partial charge in [0.15, 0.2) is 0 Å². The second-order valence-electron chi connectivity index (χ2n) is 9.25. The quantitative estimate of drug-likeness (QED) is 0.590. The van der Waals surface area contributed by atoms with Crippen molar-refractivity contribution in [2.75, 3.05) is 13.6 Å². The van der Waals surface area contributed by atoms with Crippen molar-refractivity contribution < 1.29 is 18.0 Å². The lowest BCUT2D eigenvalue weighted by molar-refractivity contribution is -0.140. The molecule has 34 heavy (non-hydrogen) atoms. The first-order valence-electron chi connectivity index (χ1n) is 11.8. The highest BCUT2D eigenvalue weighted by Gasteiger charge is 2.31. The van der Waals surface area contributed by atoms with Gasteiger partial charge in [-0.3, -0.25) is 9.59 Å². The van der Waals surface area contributed by atoms with Gasteiger partial charge in [-0.2, -0.15) is 4.31 Å². The van der Waals surface area contributed by atoms with Crippen molar-refractivity contribution in [1.82, 2.24) is 14.5 Å². The number of hydrogen-bond donors (Lipinski definition) is 1. The molecule has 2 aromatic rings. The Balaban J connectivity index is 1.79. The zero-order valence-electron chi connectivity index (χ0n) is 20.5. The molecule has 0 saturated heterocycles. The molecule has 0 aromatic heterocycles. The molecule has 1 unspecified atom stereocenters. The lowest BCUT2D eigenvalue weighted by Crippen LogP contribution is -2.52. The van der Waals surface area contributed by atoms with Gasteiger partial charge in [0.25, 0.3) is 0 Å². The Hall–Kier alpha value is -2.71. The highest BCUT2D eigenvalue weighted by molar-refractivity contribution is 7.89. The second kappa shape index (κ2) is 11.1. The summed E-state index contributed by atoms with van der Waals surface area (Å²) in [4.78, 5) is 28.0. The summed E-state index contributed by atoms with van der Waals surface area (Å²) in [7, 11) is -2.45. The molecule has 1 atom stereocenters. The van der Waals surface area contributed by atoms with Crippen LogP contribution in [0.3, 0.4) is 0 Å². The van der Waals surface area contributed by atoms with Crippen LogP contribution in [-0.2, 0) is 26.2 Å². The summed E-state index contributed by atoms with van der Waals surface area (Å²) in [5.74, 6) is -0.634. The van der Waals surface area contributed by atoms with Crippen LogP contribution in [0.15, 0.2) is 53.4 Å². The highest BCUT2D eigenvalue weighted by atomic mass is 32.2. The number of sulfonamides is 1. The molecule has 1 fully saturated rings. The Bertz CT molecular complexity index is 1110. The molecule has 2 amide bonds. The minimum absolute atomic E-state index is 0.130. The molecule has 1 saturated carbocycles. The molecule has 7 nitrogen and oxygen atoms in total. The van der Waals surface area contributed by atoms with Crippen LogP contribution < -0.4 is 5.32 Å². The first-order chi connectivity index (χ1) is 16.1. The smallest absolute Gasteiger partial charge is 0.243 e. The fourth-order valence-electron chi connectivity index (χ4n) is 4.24. The first-order valence-corrected chi connectivity index (χ1v) is 13.2. The van der Waals surface area contributed by atoms with E-state index < -0.39 is 22.0 Å². The minimum Gasteiger partial charge on any atom is -0.352 e. The van der Waals surface area contributed by atoms with Crippen LogP contribution in [0.5, 0.6) is 0 Å². The Morgan fingerprint density at radius 3 is 2.29 bits per heavy atom. The lowest BCUT2D eigenvalue weighted by Gasteiger charge is -2.31. The number of amides is 2. The molecule has 2 aromatic carbocycles. The molecule has 0 heterocycles. The Labute approximate surface area is 203 Å². The SMILES string of the molecule is Cc1ccc(S(=O)(=O)N(C)CC(=O)N(Cc2cccc(C)c2)C(C)C(=O)NC2CCCC2)cc1. The van der Waals surface area contributed by atoms with Gasteiger partial charge >= 0.3 is 0 Å². The summed E-state index contributed by atoms with van der Waals surface area (Å²) in [5.41, 5.74) is 2.88. The van der Waals surface area contributed by atoms with E-state index in [0.29, 0.717) is 0 Å². The Kier molecular flexibility index (Phi) is 8.49. The van der Waals surface area contributed by atoms with Crippen molar-refractivity contribution in [3.63, 3.8) is 0 Å². The van der Waals surface area contributed by atoms with Crippen molar-refractivity contribution in [2.45, 2.75) is 70.0 Å². The Morgan fingerprint density at radius 2 is 1.68 bits per heavy atom. The van der Waals surface area contributed by atoms with Crippen LogP contribution in [0.1, 0.15) is 49.3 Å². The molecule has 0 radical (unpaired) electrons. The van der Waals surface area contributed by atoms with Gasteiger partial charge in [0.2, 0.25) is 21.8 Å². The van der Waals surface area contributed by atoms with Crippen molar-refractivity contribution >= 4 is 21.8 Å². The molecule has 1 aliphatic carbocycles. The van der Waals surface area contributed by atoms with E-state index in [0.717, 1.165) is 46.7 Å². The Morgan fingerprint density at radius 1 is 1.03 bits per heavy atom. The zero-order valence-corrected chi connectivity index (χ0v) is 21.3. The number of carbonyl (C=O) groups is 2. The maximum absolute atomic E-state index is 13.4.